The van der Waals surface area contributed by atoms with Gasteiger partial charge in [0.05, 0.1) is 5.56 Å². The first-order chi connectivity index (χ1) is 14.7. The molecule has 3 aromatic carbocycles. The molecule has 0 amide bonds. The van der Waals surface area contributed by atoms with Crippen LogP contribution in [0.3, 0.4) is 0 Å². The molecule has 0 spiro atoms. The van der Waals surface area contributed by atoms with Crippen LogP contribution in [0.2, 0.25) is 0 Å². The molecule has 1 fully saturated rings. The van der Waals surface area contributed by atoms with E-state index in [1.807, 2.05) is 18.2 Å². The first-order valence-electron chi connectivity index (χ1n) is 10.9. The van der Waals surface area contributed by atoms with Gasteiger partial charge >= 0.3 is 5.97 Å². The van der Waals surface area contributed by atoms with Gasteiger partial charge in [-0.15, -0.1) is 0 Å². The molecule has 1 aliphatic rings. The summed E-state index contributed by atoms with van der Waals surface area (Å²) < 4.78 is 0. The third kappa shape index (κ3) is 5.10. The van der Waals surface area contributed by atoms with Crippen LogP contribution in [0.4, 0.5) is 5.69 Å². The molecule has 1 aliphatic carbocycles. The minimum Gasteiger partial charge on any atom is -0.478 e. The molecule has 0 saturated heterocycles. The second-order valence-corrected chi connectivity index (χ2v) is 8.30. The van der Waals surface area contributed by atoms with Crippen LogP contribution in [0.15, 0.2) is 78.9 Å². The maximum atomic E-state index is 11.2. The zero-order chi connectivity index (χ0) is 20.8. The summed E-state index contributed by atoms with van der Waals surface area (Å²) in [6.45, 7) is 1.85. The van der Waals surface area contributed by atoms with Gasteiger partial charge in [0.1, 0.15) is 0 Å². The lowest BCUT2D eigenvalue weighted by molar-refractivity contribution is 0.0697. The van der Waals surface area contributed by atoms with Crippen LogP contribution in [-0.4, -0.2) is 17.6 Å². The minimum absolute atomic E-state index is 0.337. The molecule has 1 saturated carbocycles. The van der Waals surface area contributed by atoms with Crippen molar-refractivity contribution < 1.29 is 9.90 Å². The van der Waals surface area contributed by atoms with E-state index < -0.39 is 5.97 Å². The van der Waals surface area contributed by atoms with Gasteiger partial charge in [0.15, 0.2) is 0 Å². The Hall–Kier alpha value is -3.07. The van der Waals surface area contributed by atoms with Crippen molar-refractivity contribution in [3.05, 3.63) is 90.0 Å². The smallest absolute Gasteiger partial charge is 0.335 e. The van der Waals surface area contributed by atoms with Crippen molar-refractivity contribution in [3.63, 3.8) is 0 Å². The molecule has 3 nitrogen and oxygen atoms in total. The molecule has 0 aliphatic heterocycles. The Morgan fingerprint density at radius 2 is 1.43 bits per heavy atom. The molecule has 0 atom stereocenters. The number of rotatable bonds is 7. The Morgan fingerprint density at radius 1 is 0.800 bits per heavy atom. The zero-order valence-electron chi connectivity index (χ0n) is 17.3. The van der Waals surface area contributed by atoms with Gasteiger partial charge in [-0.2, -0.15) is 0 Å². The first kappa shape index (κ1) is 20.2. The van der Waals surface area contributed by atoms with Crippen LogP contribution < -0.4 is 4.90 Å². The number of anilines is 1. The van der Waals surface area contributed by atoms with Crippen molar-refractivity contribution in [2.24, 2.45) is 5.92 Å². The standard InChI is InChI=1S/C27H29NO2/c29-27(30)25-15-17-26(18-16-25)28(19-21-7-3-1-4-8-21)20-22-11-13-24(14-12-22)23-9-5-2-6-10-23/h2,5-6,9-18,21H,1,3-4,7-8,19-20H2,(H,29,30). The number of benzene rings is 3. The summed E-state index contributed by atoms with van der Waals surface area (Å²) in [7, 11) is 0. The summed E-state index contributed by atoms with van der Waals surface area (Å²) >= 11 is 0. The molecule has 0 heterocycles. The number of carboxylic acids is 1. The van der Waals surface area contributed by atoms with Crippen LogP contribution in [0.25, 0.3) is 11.1 Å². The highest BCUT2D eigenvalue weighted by atomic mass is 16.4. The molecular formula is C27H29NO2. The maximum Gasteiger partial charge on any atom is 0.335 e. The topological polar surface area (TPSA) is 40.5 Å². The lowest BCUT2D eigenvalue weighted by Crippen LogP contribution is -2.30. The monoisotopic (exact) mass is 399 g/mol. The van der Waals surface area contributed by atoms with Gasteiger partial charge in [0, 0.05) is 18.8 Å². The van der Waals surface area contributed by atoms with Gasteiger partial charge in [0.2, 0.25) is 0 Å². The predicted molar refractivity (Wildman–Crippen MR) is 123 cm³/mol. The summed E-state index contributed by atoms with van der Waals surface area (Å²) in [5, 5.41) is 9.22. The summed E-state index contributed by atoms with van der Waals surface area (Å²) in [4.78, 5) is 13.6. The molecule has 0 aromatic heterocycles. The molecule has 0 radical (unpaired) electrons. The fourth-order valence-corrected chi connectivity index (χ4v) is 4.41. The number of hydrogen-bond acceptors (Lipinski definition) is 2. The average molecular weight is 400 g/mol. The van der Waals surface area contributed by atoms with Gasteiger partial charge in [-0.05, 0) is 59.7 Å². The number of aromatic carboxylic acids is 1. The van der Waals surface area contributed by atoms with Crippen LogP contribution in [-0.2, 0) is 6.54 Å². The van der Waals surface area contributed by atoms with E-state index in [0.717, 1.165) is 18.8 Å². The second-order valence-electron chi connectivity index (χ2n) is 8.30. The van der Waals surface area contributed by atoms with E-state index in [9.17, 15) is 9.90 Å². The molecule has 154 valence electrons. The van der Waals surface area contributed by atoms with Crippen LogP contribution in [0, 0.1) is 5.92 Å². The van der Waals surface area contributed by atoms with Crippen molar-refractivity contribution in [2.75, 3.05) is 11.4 Å². The van der Waals surface area contributed by atoms with Gasteiger partial charge in [-0.1, -0.05) is 73.9 Å². The van der Waals surface area contributed by atoms with Crippen molar-refractivity contribution in [1.29, 1.82) is 0 Å². The van der Waals surface area contributed by atoms with Gasteiger partial charge in [-0.3, -0.25) is 0 Å². The van der Waals surface area contributed by atoms with Crippen molar-refractivity contribution in [1.82, 2.24) is 0 Å². The van der Waals surface area contributed by atoms with E-state index in [-0.39, 0.29) is 0 Å². The highest BCUT2D eigenvalue weighted by Crippen LogP contribution is 2.28. The number of nitrogens with zero attached hydrogens (tertiary/aromatic N) is 1. The fraction of sp³-hybridized carbons (Fsp3) is 0.296. The lowest BCUT2D eigenvalue weighted by atomic mass is 9.88. The van der Waals surface area contributed by atoms with E-state index in [1.54, 1.807) is 12.1 Å². The molecule has 3 aromatic rings. The van der Waals surface area contributed by atoms with Crippen molar-refractivity contribution in [3.8, 4) is 11.1 Å². The highest BCUT2D eigenvalue weighted by Gasteiger charge is 2.18. The number of carbonyl (C=O) groups is 1. The Morgan fingerprint density at radius 3 is 2.07 bits per heavy atom. The van der Waals surface area contributed by atoms with Gasteiger partial charge < -0.3 is 10.0 Å². The van der Waals surface area contributed by atoms with E-state index in [1.165, 1.54) is 48.8 Å². The largest absolute Gasteiger partial charge is 0.478 e. The van der Waals surface area contributed by atoms with Gasteiger partial charge in [-0.25, -0.2) is 4.79 Å². The van der Waals surface area contributed by atoms with Crippen molar-refractivity contribution >= 4 is 11.7 Å². The van der Waals surface area contributed by atoms with E-state index in [2.05, 4.69) is 53.4 Å². The molecule has 4 rings (SSSR count). The zero-order valence-corrected chi connectivity index (χ0v) is 17.3. The average Bonchev–Trinajstić information content (AvgIpc) is 2.80. The van der Waals surface area contributed by atoms with Crippen molar-refractivity contribution in [2.45, 2.75) is 38.6 Å². The quantitative estimate of drug-likeness (QED) is 0.484. The Kier molecular flexibility index (Phi) is 6.48. The Labute approximate surface area is 179 Å². The summed E-state index contributed by atoms with van der Waals surface area (Å²) in [6, 6.07) is 26.6. The normalized spacial score (nSPS) is 14.4. The van der Waals surface area contributed by atoms with Crippen LogP contribution in [0.5, 0.6) is 0 Å². The molecule has 0 unspecified atom stereocenters. The number of hydrogen-bond donors (Lipinski definition) is 1. The molecule has 0 bridgehead atoms. The second kappa shape index (κ2) is 9.62. The van der Waals surface area contributed by atoms with Crippen LogP contribution >= 0.6 is 0 Å². The first-order valence-corrected chi connectivity index (χ1v) is 10.9. The maximum absolute atomic E-state index is 11.2. The van der Waals surface area contributed by atoms with E-state index in [0.29, 0.717) is 11.5 Å². The fourth-order valence-electron chi connectivity index (χ4n) is 4.41. The molecule has 1 N–H and O–H groups in total. The Balaban J connectivity index is 1.53. The SMILES string of the molecule is O=C(O)c1ccc(N(Cc2ccc(-c3ccccc3)cc2)CC2CCCCC2)cc1. The summed E-state index contributed by atoms with van der Waals surface area (Å²) in [5.41, 5.74) is 5.16. The lowest BCUT2D eigenvalue weighted by Gasteiger charge is -2.31. The molecule has 30 heavy (non-hydrogen) atoms. The number of carboxylic acid groups (broad SMARTS) is 1. The van der Waals surface area contributed by atoms with Gasteiger partial charge in [0.25, 0.3) is 0 Å². The summed E-state index contributed by atoms with van der Waals surface area (Å²) in [6.07, 6.45) is 6.57. The van der Waals surface area contributed by atoms with E-state index in [4.69, 9.17) is 0 Å². The Bertz CT molecular complexity index is 942. The minimum atomic E-state index is -0.878. The van der Waals surface area contributed by atoms with Crippen LogP contribution in [0.1, 0.15) is 48.0 Å². The molecule has 3 heteroatoms. The molecular weight excluding hydrogens is 370 g/mol. The third-order valence-electron chi connectivity index (χ3n) is 6.12. The highest BCUT2D eigenvalue weighted by molar-refractivity contribution is 5.88. The predicted octanol–water partition coefficient (Wildman–Crippen LogP) is 6.64. The summed E-state index contributed by atoms with van der Waals surface area (Å²) in [5.74, 6) is -0.168. The third-order valence-corrected chi connectivity index (χ3v) is 6.12. The van der Waals surface area contributed by atoms with E-state index >= 15 is 0 Å².